The molecule has 1 N–H and O–H groups in total. The summed E-state index contributed by atoms with van der Waals surface area (Å²) in [5.74, 6) is -0.281. The second kappa shape index (κ2) is 14.3. The Bertz CT molecular complexity index is 1040. The Balaban J connectivity index is 1.85. The Morgan fingerprint density at radius 2 is 1.57 bits per heavy atom. The SMILES string of the molecule is CCOCCCNC(=O)[C@@H](c1ccccc1)N(Cc1ccc(Cl)cc1)C(=O)CCc1ccccc1. The molecule has 5 nitrogen and oxygen atoms in total. The minimum Gasteiger partial charge on any atom is -0.382 e. The molecule has 0 aromatic heterocycles. The Labute approximate surface area is 213 Å². The lowest BCUT2D eigenvalue weighted by molar-refractivity contribution is -0.141. The molecule has 0 bridgehead atoms. The summed E-state index contributed by atoms with van der Waals surface area (Å²) in [4.78, 5) is 28.8. The van der Waals surface area contributed by atoms with Gasteiger partial charge in [0.2, 0.25) is 11.8 Å². The van der Waals surface area contributed by atoms with E-state index in [1.54, 1.807) is 17.0 Å². The average molecular weight is 493 g/mol. The maximum absolute atomic E-state index is 13.6. The molecule has 3 aromatic rings. The van der Waals surface area contributed by atoms with E-state index in [2.05, 4.69) is 5.32 Å². The zero-order valence-electron chi connectivity index (χ0n) is 20.2. The Kier molecular flexibility index (Phi) is 10.8. The fourth-order valence-electron chi connectivity index (χ4n) is 3.88. The van der Waals surface area contributed by atoms with E-state index >= 15 is 0 Å². The molecule has 0 unspecified atom stereocenters. The minimum absolute atomic E-state index is 0.0814. The molecule has 0 aliphatic carbocycles. The van der Waals surface area contributed by atoms with Crippen LogP contribution in [0, 0.1) is 0 Å². The molecular weight excluding hydrogens is 460 g/mol. The summed E-state index contributed by atoms with van der Waals surface area (Å²) >= 11 is 6.08. The largest absolute Gasteiger partial charge is 0.382 e. The number of ether oxygens (including phenoxy) is 1. The maximum atomic E-state index is 13.6. The van der Waals surface area contributed by atoms with Crippen LogP contribution < -0.4 is 5.32 Å². The van der Waals surface area contributed by atoms with Gasteiger partial charge in [0.05, 0.1) is 0 Å². The maximum Gasteiger partial charge on any atom is 0.247 e. The fraction of sp³-hybridized carbons (Fsp3) is 0.310. The molecular formula is C29H33ClN2O3. The van der Waals surface area contributed by atoms with Gasteiger partial charge in [-0.1, -0.05) is 84.4 Å². The highest BCUT2D eigenvalue weighted by Crippen LogP contribution is 2.25. The summed E-state index contributed by atoms with van der Waals surface area (Å²) in [6, 6.07) is 26.0. The van der Waals surface area contributed by atoms with Gasteiger partial charge in [-0.3, -0.25) is 9.59 Å². The van der Waals surface area contributed by atoms with Crippen LogP contribution in [0.5, 0.6) is 0 Å². The van der Waals surface area contributed by atoms with Crippen LogP contribution in [-0.4, -0.2) is 36.5 Å². The molecule has 2 amide bonds. The molecule has 0 fully saturated rings. The minimum atomic E-state index is -0.748. The summed E-state index contributed by atoms with van der Waals surface area (Å²) < 4.78 is 5.38. The highest BCUT2D eigenvalue weighted by atomic mass is 35.5. The lowest BCUT2D eigenvalue weighted by atomic mass is 10.0. The molecule has 6 heteroatoms. The van der Waals surface area contributed by atoms with Crippen molar-refractivity contribution in [3.63, 3.8) is 0 Å². The number of carbonyl (C=O) groups excluding carboxylic acids is 2. The molecule has 3 aromatic carbocycles. The molecule has 35 heavy (non-hydrogen) atoms. The van der Waals surface area contributed by atoms with E-state index in [0.29, 0.717) is 50.6 Å². The first-order valence-electron chi connectivity index (χ1n) is 12.1. The van der Waals surface area contributed by atoms with Crippen molar-refractivity contribution >= 4 is 23.4 Å². The van der Waals surface area contributed by atoms with Gasteiger partial charge in [0.1, 0.15) is 6.04 Å². The third-order valence-electron chi connectivity index (χ3n) is 5.70. The first kappa shape index (κ1) is 26.5. The van der Waals surface area contributed by atoms with Crippen molar-refractivity contribution in [1.82, 2.24) is 10.2 Å². The number of rotatable bonds is 13. The molecule has 1 atom stereocenters. The third kappa shape index (κ3) is 8.53. The van der Waals surface area contributed by atoms with Crippen molar-refractivity contribution in [1.29, 1.82) is 0 Å². The van der Waals surface area contributed by atoms with E-state index in [4.69, 9.17) is 16.3 Å². The molecule has 3 rings (SSSR count). The van der Waals surface area contributed by atoms with Gasteiger partial charge in [0, 0.05) is 37.7 Å². The summed E-state index contributed by atoms with van der Waals surface area (Å²) in [7, 11) is 0. The van der Waals surface area contributed by atoms with Gasteiger partial charge in [-0.05, 0) is 48.6 Å². The summed E-state index contributed by atoms with van der Waals surface area (Å²) in [6.45, 7) is 3.95. The van der Waals surface area contributed by atoms with Gasteiger partial charge in [0.15, 0.2) is 0 Å². The highest BCUT2D eigenvalue weighted by Gasteiger charge is 2.31. The van der Waals surface area contributed by atoms with Crippen molar-refractivity contribution < 1.29 is 14.3 Å². The summed E-state index contributed by atoms with van der Waals surface area (Å²) in [5.41, 5.74) is 2.77. The molecule has 0 aliphatic rings. The standard InChI is InChI=1S/C29H33ClN2O3/c1-2-35-21-9-20-31-29(34)28(25-12-7-4-8-13-25)32(22-24-14-17-26(30)18-15-24)27(33)19-16-23-10-5-3-6-11-23/h3-8,10-15,17-18,28H,2,9,16,19-22H2,1H3,(H,31,34)/t28-/m1/s1. The lowest BCUT2D eigenvalue weighted by Crippen LogP contribution is -2.43. The monoisotopic (exact) mass is 492 g/mol. The zero-order chi connectivity index (χ0) is 24.9. The molecule has 0 saturated carbocycles. The number of hydrogen-bond acceptors (Lipinski definition) is 3. The molecule has 184 valence electrons. The predicted octanol–water partition coefficient (Wildman–Crippen LogP) is 5.59. The molecule has 0 aliphatic heterocycles. The summed E-state index contributed by atoms with van der Waals surface area (Å²) in [6.07, 6.45) is 1.62. The number of nitrogens with one attached hydrogen (secondary N) is 1. The normalized spacial score (nSPS) is 11.6. The smallest absolute Gasteiger partial charge is 0.247 e. The van der Waals surface area contributed by atoms with E-state index in [0.717, 1.165) is 16.7 Å². The second-order valence-electron chi connectivity index (χ2n) is 8.29. The number of hydrogen-bond donors (Lipinski definition) is 1. The Morgan fingerprint density at radius 3 is 2.23 bits per heavy atom. The molecule has 0 radical (unpaired) electrons. The predicted molar refractivity (Wildman–Crippen MR) is 140 cm³/mol. The van der Waals surface area contributed by atoms with Crippen LogP contribution in [0.1, 0.15) is 42.5 Å². The van der Waals surface area contributed by atoms with Crippen molar-refractivity contribution in [2.24, 2.45) is 0 Å². The van der Waals surface area contributed by atoms with Crippen LogP contribution in [0.15, 0.2) is 84.9 Å². The van der Waals surface area contributed by atoms with E-state index in [1.165, 1.54) is 0 Å². The van der Waals surface area contributed by atoms with E-state index in [9.17, 15) is 9.59 Å². The van der Waals surface area contributed by atoms with Crippen LogP contribution in [0.4, 0.5) is 0 Å². The number of carbonyl (C=O) groups is 2. The number of halogens is 1. The van der Waals surface area contributed by atoms with Crippen LogP contribution >= 0.6 is 11.6 Å². The highest BCUT2D eigenvalue weighted by molar-refractivity contribution is 6.30. The van der Waals surface area contributed by atoms with E-state index < -0.39 is 6.04 Å². The van der Waals surface area contributed by atoms with Crippen molar-refractivity contribution in [2.75, 3.05) is 19.8 Å². The fourth-order valence-corrected chi connectivity index (χ4v) is 4.01. The Morgan fingerprint density at radius 1 is 0.914 bits per heavy atom. The quantitative estimate of drug-likeness (QED) is 0.317. The molecule has 0 spiro atoms. The van der Waals surface area contributed by atoms with Crippen LogP contribution in [-0.2, 0) is 27.3 Å². The van der Waals surface area contributed by atoms with Gasteiger partial charge < -0.3 is 15.0 Å². The number of benzene rings is 3. The van der Waals surface area contributed by atoms with Gasteiger partial charge in [0.25, 0.3) is 0 Å². The van der Waals surface area contributed by atoms with Crippen molar-refractivity contribution in [2.45, 2.75) is 38.8 Å². The first-order valence-corrected chi connectivity index (χ1v) is 12.4. The lowest BCUT2D eigenvalue weighted by Gasteiger charge is -2.32. The van der Waals surface area contributed by atoms with E-state index in [1.807, 2.05) is 79.7 Å². The van der Waals surface area contributed by atoms with Crippen LogP contribution in [0.2, 0.25) is 5.02 Å². The topological polar surface area (TPSA) is 58.6 Å². The van der Waals surface area contributed by atoms with Crippen molar-refractivity contribution in [3.8, 4) is 0 Å². The summed E-state index contributed by atoms with van der Waals surface area (Å²) in [5, 5.41) is 3.64. The second-order valence-corrected chi connectivity index (χ2v) is 8.72. The van der Waals surface area contributed by atoms with Crippen molar-refractivity contribution in [3.05, 3.63) is 107 Å². The number of aryl methyl sites for hydroxylation is 1. The third-order valence-corrected chi connectivity index (χ3v) is 5.95. The first-order chi connectivity index (χ1) is 17.1. The van der Waals surface area contributed by atoms with Gasteiger partial charge in [-0.25, -0.2) is 0 Å². The van der Waals surface area contributed by atoms with Gasteiger partial charge in [-0.15, -0.1) is 0 Å². The number of nitrogens with zero attached hydrogens (tertiary/aromatic N) is 1. The van der Waals surface area contributed by atoms with Crippen LogP contribution in [0.25, 0.3) is 0 Å². The van der Waals surface area contributed by atoms with E-state index in [-0.39, 0.29) is 11.8 Å². The zero-order valence-corrected chi connectivity index (χ0v) is 20.9. The molecule has 0 saturated heterocycles. The van der Waals surface area contributed by atoms with Gasteiger partial charge in [-0.2, -0.15) is 0 Å². The molecule has 0 heterocycles. The van der Waals surface area contributed by atoms with Gasteiger partial charge >= 0.3 is 0 Å². The number of amides is 2. The Hall–Kier alpha value is -3.15. The van der Waals surface area contributed by atoms with Crippen LogP contribution in [0.3, 0.4) is 0 Å². The average Bonchev–Trinajstić information content (AvgIpc) is 2.89.